The van der Waals surface area contributed by atoms with Crippen LogP contribution in [-0.4, -0.2) is 13.9 Å². The lowest BCUT2D eigenvalue weighted by Gasteiger charge is -2.12. The molecule has 0 radical (unpaired) electrons. The molecule has 4 aromatic rings. The van der Waals surface area contributed by atoms with Gasteiger partial charge in [0.25, 0.3) is 0 Å². The number of halogens is 3. The average molecular weight is 422 g/mol. The van der Waals surface area contributed by atoms with Gasteiger partial charge in [-0.25, -0.2) is 0 Å². The molecule has 0 bridgehead atoms. The highest BCUT2D eigenvalue weighted by molar-refractivity contribution is 7.88. The van der Waals surface area contributed by atoms with Crippen LogP contribution >= 0.6 is 11.3 Å². The van der Waals surface area contributed by atoms with Gasteiger partial charge in [0.15, 0.2) is 0 Å². The smallest absolute Gasteiger partial charge is 0.376 e. The van der Waals surface area contributed by atoms with Crippen molar-refractivity contribution >= 4 is 41.6 Å². The fraction of sp³-hybridized carbons (Fsp3) is 0.100. The first-order valence-corrected chi connectivity index (χ1v) is 10.4. The van der Waals surface area contributed by atoms with Crippen LogP contribution in [0.2, 0.25) is 0 Å². The Balaban J connectivity index is 1.88. The summed E-state index contributed by atoms with van der Waals surface area (Å²) in [7, 11) is -5.73. The summed E-state index contributed by atoms with van der Waals surface area (Å²) in [5, 5.41) is 2.12. The Bertz CT molecular complexity index is 1310. The van der Waals surface area contributed by atoms with Gasteiger partial charge in [0.1, 0.15) is 5.75 Å². The van der Waals surface area contributed by atoms with Crippen molar-refractivity contribution in [3.63, 3.8) is 0 Å². The molecular formula is C20H13F3O3S2. The second-order valence-corrected chi connectivity index (χ2v) is 8.89. The lowest BCUT2D eigenvalue weighted by Crippen LogP contribution is -2.28. The van der Waals surface area contributed by atoms with Crippen molar-refractivity contribution in [1.29, 1.82) is 0 Å². The normalized spacial score (nSPS) is 12.6. The third-order valence-corrected chi connectivity index (χ3v) is 6.45. The van der Waals surface area contributed by atoms with Gasteiger partial charge in [0.2, 0.25) is 0 Å². The first kappa shape index (κ1) is 18.8. The van der Waals surface area contributed by atoms with Crippen LogP contribution in [0.25, 0.3) is 31.3 Å². The van der Waals surface area contributed by atoms with Crippen LogP contribution in [0.4, 0.5) is 13.2 Å². The zero-order chi connectivity index (χ0) is 20.1. The molecule has 0 aliphatic heterocycles. The third-order valence-electron chi connectivity index (χ3n) is 4.26. The van der Waals surface area contributed by atoms with E-state index in [1.54, 1.807) is 24.3 Å². The van der Waals surface area contributed by atoms with Gasteiger partial charge in [0.05, 0.1) is 0 Å². The first-order chi connectivity index (χ1) is 13.2. The molecule has 0 N–H and O–H groups in total. The molecule has 0 amide bonds. The molecule has 0 spiro atoms. The molecule has 1 heterocycles. The van der Waals surface area contributed by atoms with E-state index in [1.807, 2.05) is 42.5 Å². The van der Waals surface area contributed by atoms with Crippen molar-refractivity contribution in [2.24, 2.45) is 0 Å². The number of thiophene rings is 1. The lowest BCUT2D eigenvalue weighted by molar-refractivity contribution is -0.0500. The van der Waals surface area contributed by atoms with E-state index >= 15 is 0 Å². The Kier molecular flexibility index (Phi) is 4.35. The van der Waals surface area contributed by atoms with Crippen molar-refractivity contribution in [2.45, 2.75) is 12.4 Å². The first-order valence-electron chi connectivity index (χ1n) is 8.19. The summed E-state index contributed by atoms with van der Waals surface area (Å²) in [6.45, 7) is 1.67. The van der Waals surface area contributed by atoms with E-state index in [2.05, 4.69) is 4.18 Å². The van der Waals surface area contributed by atoms with Crippen LogP contribution in [-0.2, 0) is 10.1 Å². The molecule has 1 aromatic heterocycles. The molecule has 3 nitrogen and oxygen atoms in total. The van der Waals surface area contributed by atoms with Gasteiger partial charge in [-0.3, -0.25) is 0 Å². The highest BCUT2D eigenvalue weighted by Crippen LogP contribution is 2.41. The van der Waals surface area contributed by atoms with Gasteiger partial charge in [-0.1, -0.05) is 42.5 Å². The average Bonchev–Trinajstić information content (AvgIpc) is 2.98. The van der Waals surface area contributed by atoms with Crippen molar-refractivity contribution in [2.75, 3.05) is 0 Å². The Morgan fingerprint density at radius 2 is 1.64 bits per heavy atom. The van der Waals surface area contributed by atoms with E-state index in [1.165, 1.54) is 12.1 Å². The molecule has 0 aliphatic carbocycles. The zero-order valence-electron chi connectivity index (χ0n) is 14.4. The maximum atomic E-state index is 12.7. The molecule has 0 saturated heterocycles. The molecule has 0 unspecified atom stereocenters. The molecular weight excluding hydrogens is 409 g/mol. The number of alkyl halides is 3. The molecule has 3 aromatic carbocycles. The minimum atomic E-state index is -5.73. The van der Waals surface area contributed by atoms with E-state index in [9.17, 15) is 21.6 Å². The fourth-order valence-electron chi connectivity index (χ4n) is 3.10. The Morgan fingerprint density at radius 1 is 0.929 bits per heavy atom. The maximum absolute atomic E-state index is 12.7. The van der Waals surface area contributed by atoms with E-state index in [0.717, 1.165) is 25.7 Å². The quantitative estimate of drug-likeness (QED) is 0.289. The SMILES string of the molecule is Cc1cc(OS(=O)(=O)C(F)(F)F)cc(-c2cccc3c2sc2ccccc23)c1. The van der Waals surface area contributed by atoms with Gasteiger partial charge in [0, 0.05) is 20.2 Å². The number of fused-ring (bicyclic) bond motifs is 3. The number of rotatable bonds is 3. The zero-order valence-corrected chi connectivity index (χ0v) is 16.1. The maximum Gasteiger partial charge on any atom is 0.534 e. The summed E-state index contributed by atoms with van der Waals surface area (Å²) < 4.78 is 67.1. The largest absolute Gasteiger partial charge is 0.534 e. The van der Waals surface area contributed by atoms with Crippen molar-refractivity contribution in [3.8, 4) is 16.9 Å². The summed E-state index contributed by atoms with van der Waals surface area (Å²) in [4.78, 5) is 0. The van der Waals surface area contributed by atoms with E-state index < -0.39 is 15.6 Å². The lowest BCUT2D eigenvalue weighted by atomic mass is 10.0. The fourth-order valence-corrected chi connectivity index (χ4v) is 4.78. The Morgan fingerprint density at radius 3 is 2.39 bits per heavy atom. The van der Waals surface area contributed by atoms with Crippen LogP contribution in [0.5, 0.6) is 5.75 Å². The molecule has 0 saturated carbocycles. The molecule has 8 heteroatoms. The number of hydrogen-bond acceptors (Lipinski definition) is 4. The number of hydrogen-bond donors (Lipinski definition) is 0. The highest BCUT2D eigenvalue weighted by atomic mass is 32.2. The summed E-state index contributed by atoms with van der Waals surface area (Å²) in [5.74, 6) is -0.370. The van der Waals surface area contributed by atoms with Crippen LogP contribution in [0, 0.1) is 6.92 Å². The standard InChI is InChI=1S/C20H13F3O3S2/c1-12-9-13(11-14(10-12)26-28(24,25)20(21,22)23)15-6-4-7-17-16-5-2-3-8-18(16)27-19(15)17/h2-11H,1H3. The van der Waals surface area contributed by atoms with Crippen molar-refractivity contribution < 1.29 is 25.8 Å². The molecule has 0 fully saturated rings. The van der Waals surface area contributed by atoms with Gasteiger partial charge in [-0.15, -0.1) is 11.3 Å². The topological polar surface area (TPSA) is 43.4 Å². The molecule has 4 rings (SSSR count). The second kappa shape index (κ2) is 6.49. The summed E-state index contributed by atoms with van der Waals surface area (Å²) in [5.41, 5.74) is -3.51. The predicted molar refractivity (Wildman–Crippen MR) is 105 cm³/mol. The summed E-state index contributed by atoms with van der Waals surface area (Å²) >= 11 is 1.57. The van der Waals surface area contributed by atoms with Crippen LogP contribution in [0.1, 0.15) is 5.56 Å². The minimum absolute atomic E-state index is 0.370. The number of benzene rings is 3. The molecule has 144 valence electrons. The predicted octanol–water partition coefficient (Wildman–Crippen LogP) is 6.26. The summed E-state index contributed by atoms with van der Waals surface area (Å²) in [6.07, 6.45) is 0. The van der Waals surface area contributed by atoms with Gasteiger partial charge in [-0.2, -0.15) is 21.6 Å². The Hall–Kier alpha value is -2.58. The molecule has 0 atom stereocenters. The van der Waals surface area contributed by atoms with Crippen LogP contribution in [0.15, 0.2) is 60.7 Å². The second-order valence-electron chi connectivity index (χ2n) is 6.30. The highest BCUT2D eigenvalue weighted by Gasteiger charge is 2.48. The van der Waals surface area contributed by atoms with E-state index in [-0.39, 0.29) is 5.75 Å². The Labute approximate surface area is 163 Å². The van der Waals surface area contributed by atoms with Crippen LogP contribution in [0.3, 0.4) is 0 Å². The number of aryl methyl sites for hydroxylation is 1. The van der Waals surface area contributed by atoms with Crippen molar-refractivity contribution in [1.82, 2.24) is 0 Å². The summed E-state index contributed by atoms with van der Waals surface area (Å²) in [6, 6.07) is 18.0. The van der Waals surface area contributed by atoms with E-state index in [4.69, 9.17) is 0 Å². The third kappa shape index (κ3) is 3.22. The monoisotopic (exact) mass is 422 g/mol. The van der Waals surface area contributed by atoms with Crippen molar-refractivity contribution in [3.05, 3.63) is 66.2 Å². The molecule has 28 heavy (non-hydrogen) atoms. The minimum Gasteiger partial charge on any atom is -0.376 e. The van der Waals surface area contributed by atoms with Gasteiger partial charge >= 0.3 is 15.6 Å². The van der Waals surface area contributed by atoms with Crippen LogP contribution < -0.4 is 4.18 Å². The van der Waals surface area contributed by atoms with E-state index in [0.29, 0.717) is 11.1 Å². The van der Waals surface area contributed by atoms with Gasteiger partial charge in [-0.05, 0) is 41.8 Å². The molecule has 0 aliphatic rings. The van der Waals surface area contributed by atoms with Gasteiger partial charge < -0.3 is 4.18 Å².